The van der Waals surface area contributed by atoms with Crippen LogP contribution >= 0.6 is 0 Å². The van der Waals surface area contributed by atoms with E-state index in [1.807, 2.05) is 0 Å². The Kier molecular flexibility index (Phi) is 5.90. The molecule has 0 N–H and O–H groups in total. The fraction of sp³-hybridized carbons (Fsp3) is 1.00. The third-order valence-electron chi connectivity index (χ3n) is 2.73. The van der Waals surface area contributed by atoms with Gasteiger partial charge in [-0.05, 0) is 0 Å². The molecule has 0 saturated heterocycles. The van der Waals surface area contributed by atoms with Gasteiger partial charge >= 0.3 is 36.0 Å². The molecule has 0 spiro atoms. The molecule has 2 nitrogen and oxygen atoms in total. The molecule has 0 heterocycles. The molecular weight excluding hydrogens is 400 g/mol. The summed E-state index contributed by atoms with van der Waals surface area (Å²) in [5.74, 6) is -37.6. The number of sulfone groups is 1. The molecule has 0 saturated carbocycles. The van der Waals surface area contributed by atoms with Crippen LogP contribution in [0, 0.1) is 0 Å². The second-order valence-electron chi connectivity index (χ2n) is 4.73. The summed E-state index contributed by atoms with van der Waals surface area (Å²) >= 11 is 0. The fourth-order valence-electron chi connectivity index (χ4n) is 1.24. The maximum Gasteiger partial charge on any atom is 0.384 e. The molecule has 0 rings (SSSR count). The van der Waals surface area contributed by atoms with Crippen molar-refractivity contribution in [3.8, 4) is 0 Å². The van der Waals surface area contributed by atoms with Gasteiger partial charge in [0.05, 0.1) is 5.75 Å². The highest BCUT2D eigenvalue weighted by Gasteiger charge is 2.87. The minimum absolute atomic E-state index is 0.207. The van der Waals surface area contributed by atoms with Crippen LogP contribution in [0.3, 0.4) is 0 Å². The van der Waals surface area contributed by atoms with E-state index in [1.165, 1.54) is 0 Å². The summed E-state index contributed by atoms with van der Waals surface area (Å²) in [6.07, 6.45) is -8.00. The van der Waals surface area contributed by atoms with Crippen LogP contribution in [0.2, 0.25) is 0 Å². The van der Waals surface area contributed by atoms with E-state index in [0.717, 1.165) is 0 Å². The molecule has 146 valence electrons. The molecule has 15 heteroatoms. The van der Waals surface area contributed by atoms with Gasteiger partial charge in [0.2, 0.25) is 0 Å². The first-order valence-electron chi connectivity index (χ1n) is 5.50. The minimum atomic E-state index is -7.62. The van der Waals surface area contributed by atoms with Crippen molar-refractivity contribution in [1.82, 2.24) is 0 Å². The van der Waals surface area contributed by atoms with Crippen LogP contribution in [0.15, 0.2) is 0 Å². The summed E-state index contributed by atoms with van der Waals surface area (Å²) in [4.78, 5) is 0. The minimum Gasteiger partial charge on any atom is -0.229 e. The van der Waals surface area contributed by atoms with E-state index in [0.29, 0.717) is 0 Å². The maximum atomic E-state index is 13.1. The van der Waals surface area contributed by atoms with Gasteiger partial charge in [-0.15, -0.1) is 0 Å². The lowest BCUT2D eigenvalue weighted by Gasteiger charge is -2.39. The van der Waals surface area contributed by atoms with E-state index in [-0.39, 0.29) is 6.26 Å². The van der Waals surface area contributed by atoms with Crippen LogP contribution in [0.25, 0.3) is 0 Å². The van der Waals surface area contributed by atoms with Crippen LogP contribution in [-0.4, -0.2) is 56.5 Å². The SMILES string of the molecule is CS(=O)(=O)CCC(F)(F)C(F)(F)C(F)(F)C(F)(F)C(F)(F)C(F)F. The Morgan fingerprint density at radius 3 is 1.42 bits per heavy atom. The van der Waals surface area contributed by atoms with Crippen molar-refractivity contribution in [3.63, 3.8) is 0 Å². The summed E-state index contributed by atoms with van der Waals surface area (Å²) in [6, 6.07) is 0. The Morgan fingerprint density at radius 1 is 0.750 bits per heavy atom. The average Bonchev–Trinajstić information content (AvgIpc) is 2.34. The first-order valence-corrected chi connectivity index (χ1v) is 7.56. The zero-order chi connectivity index (χ0) is 20.0. The van der Waals surface area contributed by atoms with Gasteiger partial charge in [0, 0.05) is 12.7 Å². The van der Waals surface area contributed by atoms with Crippen LogP contribution in [0.1, 0.15) is 6.42 Å². The molecule has 0 aromatic rings. The number of hydrogen-bond donors (Lipinski definition) is 0. The molecule has 0 amide bonds. The number of hydrogen-bond acceptors (Lipinski definition) is 2. The molecule has 0 bridgehead atoms. The predicted octanol–water partition coefficient (Wildman–Crippen LogP) is 3.86. The molecule has 24 heavy (non-hydrogen) atoms. The van der Waals surface area contributed by atoms with Crippen molar-refractivity contribution in [2.24, 2.45) is 0 Å². The zero-order valence-corrected chi connectivity index (χ0v) is 12.1. The van der Waals surface area contributed by atoms with Gasteiger partial charge < -0.3 is 0 Å². The quantitative estimate of drug-likeness (QED) is 0.572. The number of alkyl halides is 12. The molecule has 0 aliphatic heterocycles. The van der Waals surface area contributed by atoms with E-state index in [4.69, 9.17) is 0 Å². The Bertz CT molecular complexity index is 553. The highest BCUT2D eigenvalue weighted by molar-refractivity contribution is 7.90. The molecule has 0 atom stereocenters. The van der Waals surface area contributed by atoms with Gasteiger partial charge in [-0.25, -0.2) is 17.2 Å². The van der Waals surface area contributed by atoms with Crippen LogP contribution < -0.4 is 0 Å². The van der Waals surface area contributed by atoms with Gasteiger partial charge in [-0.1, -0.05) is 0 Å². The van der Waals surface area contributed by atoms with Crippen molar-refractivity contribution in [2.75, 3.05) is 12.0 Å². The monoisotopic (exact) mass is 408 g/mol. The largest absolute Gasteiger partial charge is 0.384 e. The molecule has 0 aromatic heterocycles. The van der Waals surface area contributed by atoms with Gasteiger partial charge in [-0.3, -0.25) is 0 Å². The van der Waals surface area contributed by atoms with Crippen molar-refractivity contribution in [1.29, 1.82) is 0 Å². The number of halogens is 12. The van der Waals surface area contributed by atoms with Gasteiger partial charge in [0.1, 0.15) is 9.84 Å². The summed E-state index contributed by atoms with van der Waals surface area (Å²) in [6.45, 7) is 0. The van der Waals surface area contributed by atoms with E-state index in [9.17, 15) is 61.1 Å². The maximum absolute atomic E-state index is 13.1. The Balaban J connectivity index is 5.98. The topological polar surface area (TPSA) is 34.1 Å². The van der Waals surface area contributed by atoms with Crippen molar-refractivity contribution >= 4 is 9.84 Å². The molecule has 0 aliphatic carbocycles. The van der Waals surface area contributed by atoms with Crippen molar-refractivity contribution < 1.29 is 61.1 Å². The summed E-state index contributed by atoms with van der Waals surface area (Å²) in [5.41, 5.74) is 0. The van der Waals surface area contributed by atoms with Crippen molar-refractivity contribution in [2.45, 2.75) is 42.5 Å². The van der Waals surface area contributed by atoms with Gasteiger partial charge in [0.25, 0.3) is 0 Å². The van der Waals surface area contributed by atoms with Gasteiger partial charge in [0.15, 0.2) is 0 Å². The third kappa shape index (κ3) is 3.69. The summed E-state index contributed by atoms with van der Waals surface area (Å²) in [5, 5.41) is 0. The summed E-state index contributed by atoms with van der Waals surface area (Å²) in [7, 11) is -4.45. The lowest BCUT2D eigenvalue weighted by molar-refractivity contribution is -0.412. The Labute approximate surface area is 126 Å². The third-order valence-corrected chi connectivity index (χ3v) is 3.67. The lowest BCUT2D eigenvalue weighted by atomic mass is 9.93. The fourth-order valence-corrected chi connectivity index (χ4v) is 1.87. The van der Waals surface area contributed by atoms with Crippen LogP contribution in [0.4, 0.5) is 52.7 Å². The molecule has 0 aromatic carbocycles. The molecule has 0 unspecified atom stereocenters. The summed E-state index contributed by atoms with van der Waals surface area (Å²) < 4.78 is 174. The van der Waals surface area contributed by atoms with E-state index in [2.05, 4.69) is 0 Å². The molecular formula is C9H8F12O2S. The highest BCUT2D eigenvalue weighted by atomic mass is 32.2. The molecule has 0 radical (unpaired) electrons. The van der Waals surface area contributed by atoms with E-state index >= 15 is 0 Å². The van der Waals surface area contributed by atoms with E-state index in [1.54, 1.807) is 0 Å². The first-order chi connectivity index (χ1) is 10.2. The van der Waals surface area contributed by atoms with Gasteiger partial charge in [-0.2, -0.15) is 43.9 Å². The highest BCUT2D eigenvalue weighted by Crippen LogP contribution is 2.58. The lowest BCUT2D eigenvalue weighted by Crippen LogP contribution is -2.68. The van der Waals surface area contributed by atoms with Crippen molar-refractivity contribution in [3.05, 3.63) is 0 Å². The molecule has 0 aliphatic rings. The second-order valence-corrected chi connectivity index (χ2v) is 6.99. The smallest absolute Gasteiger partial charge is 0.229 e. The second kappa shape index (κ2) is 6.12. The van der Waals surface area contributed by atoms with E-state index < -0.39 is 58.0 Å². The average molecular weight is 408 g/mol. The van der Waals surface area contributed by atoms with Crippen LogP contribution in [0.5, 0.6) is 0 Å². The molecule has 0 fully saturated rings. The normalized spacial score (nSPS) is 15.9. The first kappa shape index (κ1) is 23.1. The van der Waals surface area contributed by atoms with Crippen LogP contribution in [-0.2, 0) is 9.84 Å². The zero-order valence-electron chi connectivity index (χ0n) is 11.3. The standard InChI is InChI=1S/C9H8F12O2S/c1-24(22,23)3-2-5(12,13)7(16,17)9(20,21)8(18,19)6(14,15)4(10)11/h4H,2-3H2,1H3. The Morgan fingerprint density at radius 2 is 1.12 bits per heavy atom. The predicted molar refractivity (Wildman–Crippen MR) is 55.1 cm³/mol. The Hall–Kier alpha value is -0.890. The number of rotatable bonds is 8.